The number of benzene rings is 3. The zero-order chi connectivity index (χ0) is 24.0. The molecule has 0 amide bonds. The van der Waals surface area contributed by atoms with Crippen molar-refractivity contribution in [1.29, 1.82) is 0 Å². The average molecular weight is 450 g/mol. The normalized spacial score (nSPS) is 10.4. The van der Waals surface area contributed by atoms with Crippen LogP contribution < -0.4 is 9.47 Å². The van der Waals surface area contributed by atoms with Gasteiger partial charge in [0.1, 0.15) is 11.5 Å². The van der Waals surface area contributed by atoms with E-state index < -0.39 is 23.6 Å². The van der Waals surface area contributed by atoms with Gasteiger partial charge in [0.25, 0.3) is 0 Å². The molecule has 0 unspecified atom stereocenters. The molecule has 0 bridgehead atoms. The maximum atomic E-state index is 14.9. The first-order valence-electron chi connectivity index (χ1n) is 9.76. The molecule has 0 aliphatic carbocycles. The van der Waals surface area contributed by atoms with Gasteiger partial charge in [-0.2, -0.15) is 0 Å². The van der Waals surface area contributed by atoms with Crippen molar-refractivity contribution in [2.24, 2.45) is 0 Å². The van der Waals surface area contributed by atoms with E-state index in [1.807, 2.05) is 0 Å². The minimum absolute atomic E-state index is 0.0381. The zero-order valence-corrected chi connectivity index (χ0v) is 17.8. The molecule has 3 aromatic rings. The number of methoxy groups -OCH3 is 1. The molecule has 0 heterocycles. The van der Waals surface area contributed by atoms with Crippen molar-refractivity contribution in [1.82, 2.24) is 0 Å². The van der Waals surface area contributed by atoms with Gasteiger partial charge in [0.05, 0.1) is 12.2 Å². The largest absolute Gasteiger partial charge is 0.423 e. The van der Waals surface area contributed by atoms with Gasteiger partial charge in [0.2, 0.25) is 0 Å². The van der Waals surface area contributed by atoms with E-state index in [4.69, 9.17) is 14.2 Å². The van der Waals surface area contributed by atoms with Crippen molar-refractivity contribution >= 4 is 11.9 Å². The van der Waals surface area contributed by atoms with Crippen LogP contribution in [0.1, 0.15) is 0 Å². The molecule has 0 saturated heterocycles. The summed E-state index contributed by atoms with van der Waals surface area (Å²) in [6, 6.07) is 14.9. The summed E-state index contributed by atoms with van der Waals surface area (Å²) in [6.45, 7) is 6.91. The molecule has 3 rings (SSSR count). The molecule has 0 saturated carbocycles. The molecule has 0 fully saturated rings. The van der Waals surface area contributed by atoms with Crippen molar-refractivity contribution in [2.75, 3.05) is 13.7 Å². The average Bonchev–Trinajstić information content (AvgIpc) is 2.82. The van der Waals surface area contributed by atoms with Crippen LogP contribution >= 0.6 is 0 Å². The van der Waals surface area contributed by atoms with Crippen molar-refractivity contribution in [2.45, 2.75) is 0 Å². The third kappa shape index (κ3) is 5.58. The minimum atomic E-state index is -1.02. The smallest absolute Gasteiger partial charge is 0.341 e. The summed E-state index contributed by atoms with van der Waals surface area (Å²) in [7, 11) is 1.43. The molecule has 0 aliphatic heterocycles. The van der Waals surface area contributed by atoms with Gasteiger partial charge in [-0.15, -0.1) is 0 Å². The Kier molecular flexibility index (Phi) is 7.48. The number of esters is 2. The topological polar surface area (TPSA) is 61.8 Å². The molecule has 168 valence electrons. The number of hydrogen-bond acceptors (Lipinski definition) is 5. The van der Waals surface area contributed by atoms with Crippen molar-refractivity contribution in [3.05, 3.63) is 97.1 Å². The molecule has 0 radical (unpaired) electrons. The molecule has 0 aliphatic rings. The fourth-order valence-electron chi connectivity index (χ4n) is 2.97. The highest BCUT2D eigenvalue weighted by Gasteiger charge is 2.17. The number of carbonyl (C=O) groups excluding carboxylic acids is 2. The van der Waals surface area contributed by atoms with Crippen LogP contribution in [0.2, 0.25) is 0 Å². The Balaban J connectivity index is 1.80. The Morgan fingerprint density at radius 1 is 0.818 bits per heavy atom. The van der Waals surface area contributed by atoms with Crippen molar-refractivity contribution in [3.8, 4) is 33.8 Å². The third-order valence-corrected chi connectivity index (χ3v) is 4.62. The highest BCUT2D eigenvalue weighted by atomic mass is 19.2. The van der Waals surface area contributed by atoms with Crippen LogP contribution in [-0.4, -0.2) is 25.7 Å². The fourth-order valence-corrected chi connectivity index (χ4v) is 2.97. The lowest BCUT2D eigenvalue weighted by Gasteiger charge is -2.11. The maximum Gasteiger partial charge on any atom is 0.341 e. The van der Waals surface area contributed by atoms with E-state index in [0.717, 1.165) is 6.08 Å². The van der Waals surface area contributed by atoms with Gasteiger partial charge >= 0.3 is 11.9 Å². The quantitative estimate of drug-likeness (QED) is 0.258. The Morgan fingerprint density at radius 2 is 1.27 bits per heavy atom. The highest BCUT2D eigenvalue weighted by Crippen LogP contribution is 2.33. The molecular weight excluding hydrogens is 430 g/mol. The predicted octanol–water partition coefficient (Wildman–Crippen LogP) is 5.50. The number of ether oxygens (including phenoxy) is 3. The second-order valence-corrected chi connectivity index (χ2v) is 6.89. The second-order valence-electron chi connectivity index (χ2n) is 6.89. The van der Waals surface area contributed by atoms with Gasteiger partial charge in [-0.3, -0.25) is 0 Å². The minimum Gasteiger partial charge on any atom is -0.423 e. The first-order valence-corrected chi connectivity index (χ1v) is 9.76. The standard InChI is InChI=1S/C26H20F2O5/c1-4-23(29)32-19-9-5-17(6-10-19)21-13-14-22(25(28)24(21)27)18-7-11-20(12-8-18)33-26(30)16(2)15-31-3/h4-14H,1-2,15H2,3H3. The fraction of sp³-hybridized carbons (Fsp3) is 0.0769. The molecule has 0 aromatic heterocycles. The monoisotopic (exact) mass is 450 g/mol. The Morgan fingerprint density at radius 3 is 1.70 bits per heavy atom. The number of hydrogen-bond donors (Lipinski definition) is 0. The first-order chi connectivity index (χ1) is 15.8. The molecule has 0 spiro atoms. The molecular formula is C26H20F2O5. The summed E-state index contributed by atoms with van der Waals surface area (Å²) in [4.78, 5) is 23.1. The second kappa shape index (κ2) is 10.5. The summed E-state index contributed by atoms with van der Waals surface area (Å²) >= 11 is 0. The molecule has 0 N–H and O–H groups in total. The predicted molar refractivity (Wildman–Crippen MR) is 120 cm³/mol. The van der Waals surface area contributed by atoms with Gasteiger partial charge in [0.15, 0.2) is 11.6 Å². The van der Waals surface area contributed by atoms with E-state index in [1.165, 1.54) is 67.8 Å². The van der Waals surface area contributed by atoms with Gasteiger partial charge in [-0.05, 0) is 35.4 Å². The summed E-state index contributed by atoms with van der Waals surface area (Å²) in [5.41, 5.74) is 1.07. The van der Waals surface area contributed by atoms with E-state index in [2.05, 4.69) is 13.2 Å². The lowest BCUT2D eigenvalue weighted by Crippen LogP contribution is -2.13. The van der Waals surface area contributed by atoms with Gasteiger partial charge in [-0.25, -0.2) is 18.4 Å². The van der Waals surface area contributed by atoms with Gasteiger partial charge in [0, 0.05) is 24.3 Å². The summed E-state index contributed by atoms with van der Waals surface area (Å²) in [6.07, 6.45) is 1.02. The van der Waals surface area contributed by atoms with Crippen LogP contribution in [0.5, 0.6) is 11.5 Å². The third-order valence-electron chi connectivity index (χ3n) is 4.62. The van der Waals surface area contributed by atoms with E-state index in [9.17, 15) is 18.4 Å². The molecule has 5 nitrogen and oxygen atoms in total. The van der Waals surface area contributed by atoms with Gasteiger partial charge < -0.3 is 14.2 Å². The van der Waals surface area contributed by atoms with Crippen LogP contribution in [-0.2, 0) is 14.3 Å². The zero-order valence-electron chi connectivity index (χ0n) is 17.8. The SMILES string of the molecule is C=CC(=O)Oc1ccc(-c2ccc(-c3ccc(OC(=O)C(=C)COC)cc3)c(F)c2F)cc1. The van der Waals surface area contributed by atoms with Crippen LogP contribution in [0.4, 0.5) is 8.78 Å². The van der Waals surface area contributed by atoms with Crippen LogP contribution in [0.3, 0.4) is 0 Å². The molecule has 0 atom stereocenters. The van der Waals surface area contributed by atoms with Crippen molar-refractivity contribution < 1.29 is 32.6 Å². The summed E-state index contributed by atoms with van der Waals surface area (Å²) in [5.74, 6) is -2.81. The Labute approximate surface area is 189 Å². The first kappa shape index (κ1) is 23.6. The lowest BCUT2D eigenvalue weighted by molar-refractivity contribution is -0.131. The van der Waals surface area contributed by atoms with E-state index in [0.29, 0.717) is 11.1 Å². The molecule has 7 heteroatoms. The Hall–Kier alpha value is -4.10. The molecule has 33 heavy (non-hydrogen) atoms. The van der Waals surface area contributed by atoms with Gasteiger partial charge in [-0.1, -0.05) is 49.6 Å². The van der Waals surface area contributed by atoms with Crippen molar-refractivity contribution in [3.63, 3.8) is 0 Å². The number of rotatable bonds is 8. The lowest BCUT2D eigenvalue weighted by atomic mass is 9.98. The number of carbonyl (C=O) groups is 2. The van der Waals surface area contributed by atoms with E-state index in [1.54, 1.807) is 0 Å². The Bertz CT molecular complexity index is 1200. The van der Waals surface area contributed by atoms with Crippen LogP contribution in [0, 0.1) is 11.6 Å². The van der Waals surface area contributed by atoms with E-state index in [-0.39, 0.29) is 34.8 Å². The van der Waals surface area contributed by atoms with Crippen LogP contribution in [0.15, 0.2) is 85.5 Å². The van der Waals surface area contributed by atoms with E-state index >= 15 is 0 Å². The summed E-state index contributed by atoms with van der Waals surface area (Å²) < 4.78 is 44.7. The maximum absolute atomic E-state index is 14.9. The number of halogens is 2. The summed E-state index contributed by atoms with van der Waals surface area (Å²) in [5, 5.41) is 0. The van der Waals surface area contributed by atoms with Crippen LogP contribution in [0.25, 0.3) is 22.3 Å². The highest BCUT2D eigenvalue weighted by molar-refractivity contribution is 5.89. The molecule has 3 aromatic carbocycles.